The van der Waals surface area contributed by atoms with Crippen molar-refractivity contribution in [3.8, 4) is 105 Å². The number of hydrogen-bond donors (Lipinski definition) is 3. The molecule has 0 saturated heterocycles. The molecule has 552 valence electrons. The van der Waals surface area contributed by atoms with E-state index in [1.165, 1.54) is 111 Å². The van der Waals surface area contributed by atoms with Crippen LogP contribution in [-0.4, -0.2) is 138 Å². The van der Waals surface area contributed by atoms with Gasteiger partial charge in [-0.2, -0.15) is 4.89 Å². The number of carboxylic acids is 2. The fourth-order valence-corrected chi connectivity index (χ4v) is 8.22. The Kier molecular flexibility index (Phi) is 49.0. The molecule has 5 aromatic carbocycles. The van der Waals surface area contributed by atoms with Crippen LogP contribution in [0.1, 0.15) is 95.9 Å². The first-order valence-corrected chi connectivity index (χ1v) is 33.7. The topological polar surface area (TPSA) is 345 Å². The standard InChI is InChI=1S/C36H35BrO14.C14H16O6.C12H2OS.C8H5BrO4.C6H15N/c1-3-32(38)43-19-5-7-21-45-35(41)49-27-12-10-26(11-13-27)48-34(40)30-18-9-25(23-31(30)37)24-47-51-29-16-14-28(15-17-29)50-36(42)46-22-8-6-20-44-33(39)4-2;1-2-13(16)18-9-3-4-10-19-14(17)20-12-7-5-11(15)6-8-12;1-3-5-7-9-11-14(13)12-10-8-6-4-2;9-6-3-4(7(10)11)1-2-5(6)8(12)13;1-4-7(5-2)6-3/h3-4,9-18,23H,1-2,5-8,19-22,24H2;2,5-8,15H,1,3-4,9-10H2;1-2H;1-3H,(H,10,11)(H,12,13);4-6H2,1-3H3. The predicted molar refractivity (Wildman–Crippen MR) is 391 cm³/mol. The van der Waals surface area contributed by atoms with Crippen LogP contribution >= 0.6 is 31.9 Å². The molecular formula is C76H73Br2NO25S. The molecule has 5 rings (SSSR count). The van der Waals surface area contributed by atoms with Crippen LogP contribution in [0, 0.1) is 70.7 Å². The number of phenols is 1. The third kappa shape index (κ3) is 44.7. The van der Waals surface area contributed by atoms with E-state index in [9.17, 15) is 47.4 Å². The van der Waals surface area contributed by atoms with Gasteiger partial charge in [0, 0.05) is 49.5 Å². The van der Waals surface area contributed by atoms with Crippen LogP contribution in [0.2, 0.25) is 0 Å². The Hall–Kier alpha value is -12.1. The summed E-state index contributed by atoms with van der Waals surface area (Å²) in [7, 11) is -1.59. The summed E-state index contributed by atoms with van der Waals surface area (Å²) >= 11 is 6.35. The van der Waals surface area contributed by atoms with Crippen molar-refractivity contribution in [3.05, 3.63) is 178 Å². The Morgan fingerprint density at radius 1 is 0.467 bits per heavy atom. The maximum absolute atomic E-state index is 12.8. The van der Waals surface area contributed by atoms with Crippen molar-refractivity contribution in [2.75, 3.05) is 59.3 Å². The smallest absolute Gasteiger partial charge is 0.508 e. The highest BCUT2D eigenvalue weighted by atomic mass is 79.9. The fourth-order valence-electron chi connectivity index (χ4n) is 6.74. The molecule has 0 aliphatic carbocycles. The van der Waals surface area contributed by atoms with Gasteiger partial charge in [0.05, 0.1) is 56.3 Å². The number of carbonyl (C=O) groups excluding carboxylic acids is 7. The minimum absolute atomic E-state index is 0.0420. The van der Waals surface area contributed by atoms with Gasteiger partial charge in [-0.15, -0.1) is 12.8 Å². The first kappa shape index (κ1) is 91.0. The number of unbranched alkanes of at least 4 members (excludes halogenated alkanes) is 3. The maximum Gasteiger partial charge on any atom is 0.513 e. The summed E-state index contributed by atoms with van der Waals surface area (Å²) in [6.07, 6.45) is 13.4. The van der Waals surface area contributed by atoms with Crippen molar-refractivity contribution in [3.63, 3.8) is 0 Å². The number of esters is 4. The summed E-state index contributed by atoms with van der Waals surface area (Å²) in [5.74, 6) is 14.8. The second-order valence-electron chi connectivity index (χ2n) is 19.3. The lowest BCUT2D eigenvalue weighted by molar-refractivity contribution is -0.217. The molecule has 0 heterocycles. The number of carbonyl (C=O) groups is 9. The monoisotopic (exact) mass is 1590 g/mol. The fraction of sp³-hybridized carbons (Fsp3) is 0.250. The number of aromatic carboxylic acids is 2. The first-order valence-electron chi connectivity index (χ1n) is 31.0. The molecule has 0 unspecified atom stereocenters. The van der Waals surface area contributed by atoms with Gasteiger partial charge in [-0.25, -0.2) is 47.4 Å². The summed E-state index contributed by atoms with van der Waals surface area (Å²) in [5, 5.41) is 30.8. The van der Waals surface area contributed by atoms with Gasteiger partial charge in [-0.3, -0.25) is 0 Å². The van der Waals surface area contributed by atoms with Crippen LogP contribution < -0.4 is 23.8 Å². The molecule has 0 fully saturated rings. The Morgan fingerprint density at radius 2 is 0.829 bits per heavy atom. The van der Waals surface area contributed by atoms with E-state index in [0.29, 0.717) is 54.3 Å². The highest BCUT2D eigenvalue weighted by molar-refractivity contribution is 9.10. The quantitative estimate of drug-likeness (QED) is 0.00414. The van der Waals surface area contributed by atoms with Crippen molar-refractivity contribution in [2.24, 2.45) is 0 Å². The van der Waals surface area contributed by atoms with E-state index in [1.54, 1.807) is 18.2 Å². The number of aromatic hydroxyl groups is 1. The second kappa shape index (κ2) is 56.6. The van der Waals surface area contributed by atoms with Gasteiger partial charge >= 0.3 is 54.3 Å². The number of benzene rings is 5. The average Bonchev–Trinajstić information content (AvgIpc) is 0.853. The van der Waals surface area contributed by atoms with Crippen LogP contribution in [0.4, 0.5) is 14.4 Å². The third-order valence-corrected chi connectivity index (χ3v) is 13.8. The number of rotatable bonds is 32. The lowest BCUT2D eigenvalue weighted by Crippen LogP contribution is -2.21. The Labute approximate surface area is 626 Å². The molecule has 105 heavy (non-hydrogen) atoms. The van der Waals surface area contributed by atoms with E-state index < -0.39 is 65.1 Å². The molecule has 0 aliphatic rings. The summed E-state index contributed by atoms with van der Waals surface area (Å²) < 4.78 is 61.3. The van der Waals surface area contributed by atoms with Crippen molar-refractivity contribution in [1.29, 1.82) is 0 Å². The van der Waals surface area contributed by atoms with Gasteiger partial charge in [0.1, 0.15) is 35.4 Å². The highest BCUT2D eigenvalue weighted by Gasteiger charge is 2.16. The van der Waals surface area contributed by atoms with Gasteiger partial charge in [0.2, 0.25) is 0 Å². The van der Waals surface area contributed by atoms with E-state index in [1.807, 2.05) is 0 Å². The Bertz CT molecular complexity index is 4020. The number of phenolic OH excluding ortho intramolecular Hbond substituents is 1. The van der Waals surface area contributed by atoms with Gasteiger partial charge in [0.15, 0.2) is 16.5 Å². The third-order valence-electron chi connectivity index (χ3n) is 11.9. The molecule has 26 nitrogen and oxygen atoms in total. The van der Waals surface area contributed by atoms with Crippen molar-refractivity contribution in [1.82, 2.24) is 4.90 Å². The number of carboxylic acid groups (broad SMARTS) is 2. The van der Waals surface area contributed by atoms with Gasteiger partial charge in [-0.1, -0.05) is 46.6 Å². The van der Waals surface area contributed by atoms with Crippen LogP contribution in [0.25, 0.3) is 0 Å². The lowest BCUT2D eigenvalue weighted by atomic mass is 10.1. The summed E-state index contributed by atoms with van der Waals surface area (Å²) in [6.45, 7) is 21.0. The molecular weight excluding hydrogens is 1520 g/mol. The SMILES string of the molecule is C#CC#CC#CS(=O)C#CC#CC#C.C=CC(=O)OCCCCOC(=O)Oc1ccc(O)cc1.C=CC(=O)OCCCCOC(=O)Oc1ccc(OOCc2ccc(C(=O)Oc3ccc(OC(=O)OCCCCOC(=O)C=C)cc3)c(Br)c2)cc1.CCN(CC)CC.O=C(O)c1ccc(C(=O)O)c(Br)c1. The molecule has 0 amide bonds. The molecule has 0 aromatic heterocycles. The van der Waals surface area contributed by atoms with Crippen molar-refractivity contribution in [2.45, 2.75) is 65.9 Å². The highest BCUT2D eigenvalue weighted by Crippen LogP contribution is 2.25. The summed E-state index contributed by atoms with van der Waals surface area (Å²) in [5.41, 5.74) is 1.04. The number of hydrogen-bond acceptors (Lipinski definition) is 24. The average molecular weight is 1590 g/mol. The molecule has 0 radical (unpaired) electrons. The van der Waals surface area contributed by atoms with E-state index in [-0.39, 0.29) is 96.2 Å². The normalized spacial score (nSPS) is 9.34. The second-order valence-corrected chi connectivity index (χ2v) is 21.9. The lowest BCUT2D eigenvalue weighted by Gasteiger charge is -2.13. The Balaban J connectivity index is 0.000000820. The van der Waals surface area contributed by atoms with E-state index in [4.69, 9.17) is 85.3 Å². The molecule has 5 aromatic rings. The van der Waals surface area contributed by atoms with Crippen molar-refractivity contribution >= 4 is 96.9 Å². The largest absolute Gasteiger partial charge is 0.513 e. The maximum atomic E-state index is 12.8. The van der Waals surface area contributed by atoms with Gasteiger partial charge in [-0.05, 0) is 234 Å². The minimum atomic E-state index is -1.59. The zero-order valence-electron chi connectivity index (χ0n) is 57.1. The molecule has 3 N–H and O–H groups in total. The number of ether oxygens (including phenoxy) is 10. The van der Waals surface area contributed by atoms with Gasteiger partial charge < -0.3 is 72.5 Å². The molecule has 0 atom stereocenters. The molecule has 29 heteroatoms. The summed E-state index contributed by atoms with van der Waals surface area (Å²) in [6, 6.07) is 26.2. The van der Waals surface area contributed by atoms with Crippen LogP contribution in [-0.2, 0) is 65.1 Å². The van der Waals surface area contributed by atoms with Crippen molar-refractivity contribution < 1.29 is 120 Å². The van der Waals surface area contributed by atoms with Crippen LogP contribution in [0.5, 0.6) is 34.5 Å². The van der Waals surface area contributed by atoms with Crippen LogP contribution in [0.15, 0.2) is 156 Å². The van der Waals surface area contributed by atoms with Gasteiger partial charge in [0.25, 0.3) is 0 Å². The molecule has 0 saturated carbocycles. The molecule has 0 bridgehead atoms. The zero-order chi connectivity index (χ0) is 78.0. The predicted octanol–water partition coefficient (Wildman–Crippen LogP) is 12.8. The first-order chi connectivity index (χ1) is 50.4. The minimum Gasteiger partial charge on any atom is -0.508 e. The number of halogens is 2. The number of terminal acetylenes is 2. The summed E-state index contributed by atoms with van der Waals surface area (Å²) in [4.78, 5) is 114. The number of nitrogens with zero attached hydrogens (tertiary/aromatic N) is 1. The molecule has 0 spiro atoms. The molecule has 0 aliphatic heterocycles. The van der Waals surface area contributed by atoms with E-state index in [2.05, 4.69) is 135 Å². The van der Waals surface area contributed by atoms with Crippen LogP contribution in [0.3, 0.4) is 0 Å². The van der Waals surface area contributed by atoms with E-state index >= 15 is 0 Å². The zero-order valence-corrected chi connectivity index (χ0v) is 61.1. The Morgan fingerprint density at radius 3 is 1.17 bits per heavy atom. The van der Waals surface area contributed by atoms with E-state index in [0.717, 1.165) is 18.2 Å².